The molecule has 78 valence electrons. The van der Waals surface area contributed by atoms with Crippen LogP contribution in [0.4, 0.5) is 5.82 Å². The largest absolute Gasteiger partial charge is 0.373 e. The van der Waals surface area contributed by atoms with Crippen LogP contribution in [-0.4, -0.2) is 18.1 Å². The normalized spacial score (nSPS) is 10.6. The van der Waals surface area contributed by atoms with Crippen LogP contribution < -0.4 is 10.6 Å². The summed E-state index contributed by atoms with van der Waals surface area (Å²) in [5.74, 6) is 0.936. The average molecular weight is 193 g/mol. The summed E-state index contributed by atoms with van der Waals surface area (Å²) in [5.41, 5.74) is 2.33. The van der Waals surface area contributed by atoms with E-state index in [0.717, 1.165) is 18.1 Å². The monoisotopic (exact) mass is 193 g/mol. The average Bonchev–Trinajstić information content (AvgIpc) is 2.14. The second kappa shape index (κ2) is 4.96. The van der Waals surface area contributed by atoms with Crippen LogP contribution in [0.25, 0.3) is 0 Å². The minimum Gasteiger partial charge on any atom is -0.373 e. The third kappa shape index (κ3) is 3.34. The van der Waals surface area contributed by atoms with Gasteiger partial charge in [-0.2, -0.15) is 0 Å². The molecule has 0 spiro atoms. The van der Waals surface area contributed by atoms with E-state index in [1.54, 1.807) is 0 Å². The van der Waals surface area contributed by atoms with Gasteiger partial charge in [0.15, 0.2) is 0 Å². The first-order chi connectivity index (χ1) is 6.61. The van der Waals surface area contributed by atoms with Gasteiger partial charge in [0, 0.05) is 25.3 Å². The fourth-order valence-electron chi connectivity index (χ4n) is 1.29. The number of aromatic nitrogens is 1. The van der Waals surface area contributed by atoms with Crippen LogP contribution >= 0.6 is 0 Å². The molecule has 1 aromatic heterocycles. The van der Waals surface area contributed by atoms with Gasteiger partial charge in [0.25, 0.3) is 0 Å². The maximum absolute atomic E-state index is 4.34. The fraction of sp³-hybridized carbons (Fsp3) is 0.545. The smallest absolute Gasteiger partial charge is 0.126 e. The van der Waals surface area contributed by atoms with Crippen LogP contribution in [0.2, 0.25) is 0 Å². The zero-order valence-corrected chi connectivity index (χ0v) is 9.39. The topological polar surface area (TPSA) is 37.0 Å². The molecule has 3 nitrogen and oxygen atoms in total. The Morgan fingerprint density at radius 1 is 1.36 bits per heavy atom. The third-order valence-corrected chi connectivity index (χ3v) is 1.98. The lowest BCUT2D eigenvalue weighted by molar-refractivity contribution is 0.588. The predicted octanol–water partition coefficient (Wildman–Crippen LogP) is 1.93. The minimum absolute atomic E-state index is 0.515. The first-order valence-electron chi connectivity index (χ1n) is 5.00. The Balaban J connectivity index is 2.71. The summed E-state index contributed by atoms with van der Waals surface area (Å²) in [5, 5.41) is 6.44. The van der Waals surface area contributed by atoms with Crippen molar-refractivity contribution >= 4 is 5.82 Å². The van der Waals surface area contributed by atoms with Crippen molar-refractivity contribution in [2.75, 3.05) is 12.4 Å². The lowest BCUT2D eigenvalue weighted by Gasteiger charge is -2.10. The number of hydrogen-bond acceptors (Lipinski definition) is 3. The van der Waals surface area contributed by atoms with Gasteiger partial charge in [-0.3, -0.25) is 0 Å². The van der Waals surface area contributed by atoms with Crippen molar-refractivity contribution in [3.8, 4) is 0 Å². The number of anilines is 1. The number of aryl methyl sites for hydroxylation is 1. The van der Waals surface area contributed by atoms with Gasteiger partial charge in [-0.1, -0.05) is 13.8 Å². The van der Waals surface area contributed by atoms with Crippen molar-refractivity contribution in [3.05, 3.63) is 23.4 Å². The molecule has 0 aliphatic heterocycles. The summed E-state index contributed by atoms with van der Waals surface area (Å²) >= 11 is 0. The Bertz CT molecular complexity index is 295. The molecule has 1 heterocycles. The summed E-state index contributed by atoms with van der Waals surface area (Å²) in [4.78, 5) is 4.34. The number of pyridine rings is 1. The quantitative estimate of drug-likeness (QED) is 0.767. The van der Waals surface area contributed by atoms with Crippen LogP contribution in [-0.2, 0) is 6.54 Å². The molecule has 0 amide bonds. The van der Waals surface area contributed by atoms with E-state index >= 15 is 0 Å². The van der Waals surface area contributed by atoms with E-state index in [4.69, 9.17) is 0 Å². The van der Waals surface area contributed by atoms with Gasteiger partial charge in [0.2, 0.25) is 0 Å². The molecule has 0 aliphatic carbocycles. The first kappa shape index (κ1) is 11.0. The van der Waals surface area contributed by atoms with E-state index in [2.05, 4.69) is 41.6 Å². The standard InChI is InChI=1S/C11H19N3/c1-8(2)13-7-10-5-9(3)14-11(6-10)12-4/h5-6,8,13H,7H2,1-4H3,(H,12,14). The maximum atomic E-state index is 4.34. The molecular formula is C11H19N3. The number of hydrogen-bond donors (Lipinski definition) is 2. The molecule has 3 heteroatoms. The van der Waals surface area contributed by atoms with Gasteiger partial charge in [-0.05, 0) is 24.6 Å². The van der Waals surface area contributed by atoms with Crippen LogP contribution in [0.1, 0.15) is 25.1 Å². The molecule has 2 N–H and O–H groups in total. The molecule has 0 bridgehead atoms. The van der Waals surface area contributed by atoms with Crippen molar-refractivity contribution in [1.29, 1.82) is 0 Å². The fourth-order valence-corrected chi connectivity index (χ4v) is 1.29. The lowest BCUT2D eigenvalue weighted by atomic mass is 10.2. The van der Waals surface area contributed by atoms with Crippen LogP contribution in [0, 0.1) is 6.92 Å². The van der Waals surface area contributed by atoms with E-state index in [-0.39, 0.29) is 0 Å². The summed E-state index contributed by atoms with van der Waals surface area (Å²) in [7, 11) is 1.89. The van der Waals surface area contributed by atoms with Gasteiger partial charge in [0.1, 0.15) is 5.82 Å². The second-order valence-electron chi connectivity index (χ2n) is 3.79. The van der Waals surface area contributed by atoms with Crippen molar-refractivity contribution in [2.24, 2.45) is 0 Å². The van der Waals surface area contributed by atoms with E-state index in [9.17, 15) is 0 Å². The summed E-state index contributed by atoms with van der Waals surface area (Å²) < 4.78 is 0. The summed E-state index contributed by atoms with van der Waals surface area (Å²) in [6.07, 6.45) is 0. The third-order valence-electron chi connectivity index (χ3n) is 1.98. The molecule has 0 aliphatic rings. The Labute approximate surface area is 85.9 Å². The van der Waals surface area contributed by atoms with Gasteiger partial charge in [-0.15, -0.1) is 0 Å². The molecule has 0 aromatic carbocycles. The molecular weight excluding hydrogens is 174 g/mol. The van der Waals surface area contributed by atoms with E-state index in [1.807, 2.05) is 14.0 Å². The molecule has 14 heavy (non-hydrogen) atoms. The molecule has 0 fully saturated rings. The molecule has 0 atom stereocenters. The summed E-state index contributed by atoms with van der Waals surface area (Å²) in [6, 6.07) is 4.69. The Morgan fingerprint density at radius 3 is 2.64 bits per heavy atom. The van der Waals surface area contributed by atoms with E-state index in [1.165, 1.54) is 5.56 Å². The second-order valence-corrected chi connectivity index (χ2v) is 3.79. The van der Waals surface area contributed by atoms with Crippen molar-refractivity contribution < 1.29 is 0 Å². The van der Waals surface area contributed by atoms with Gasteiger partial charge in [0.05, 0.1) is 0 Å². The minimum atomic E-state index is 0.515. The Morgan fingerprint density at radius 2 is 2.07 bits per heavy atom. The van der Waals surface area contributed by atoms with E-state index < -0.39 is 0 Å². The van der Waals surface area contributed by atoms with Crippen LogP contribution in [0.5, 0.6) is 0 Å². The molecule has 1 rings (SSSR count). The van der Waals surface area contributed by atoms with Gasteiger partial charge in [-0.25, -0.2) is 4.98 Å². The van der Waals surface area contributed by atoms with Crippen molar-refractivity contribution in [1.82, 2.24) is 10.3 Å². The Hall–Kier alpha value is -1.09. The predicted molar refractivity (Wildman–Crippen MR) is 60.5 cm³/mol. The van der Waals surface area contributed by atoms with Crippen LogP contribution in [0.15, 0.2) is 12.1 Å². The maximum Gasteiger partial charge on any atom is 0.126 e. The Kier molecular flexibility index (Phi) is 3.89. The van der Waals surface area contributed by atoms with Gasteiger partial charge < -0.3 is 10.6 Å². The molecule has 1 aromatic rings. The highest BCUT2D eigenvalue weighted by molar-refractivity contribution is 5.38. The molecule has 0 unspecified atom stereocenters. The summed E-state index contributed by atoms with van der Waals surface area (Å²) in [6.45, 7) is 7.20. The molecule has 0 saturated heterocycles. The van der Waals surface area contributed by atoms with Crippen LogP contribution in [0.3, 0.4) is 0 Å². The zero-order valence-electron chi connectivity index (χ0n) is 9.39. The number of rotatable bonds is 4. The van der Waals surface area contributed by atoms with Gasteiger partial charge >= 0.3 is 0 Å². The highest BCUT2D eigenvalue weighted by atomic mass is 15.0. The number of nitrogens with one attached hydrogen (secondary N) is 2. The lowest BCUT2D eigenvalue weighted by Crippen LogP contribution is -2.22. The SMILES string of the molecule is CNc1cc(CNC(C)C)cc(C)n1. The van der Waals surface area contributed by atoms with E-state index in [0.29, 0.717) is 6.04 Å². The highest BCUT2D eigenvalue weighted by Gasteiger charge is 1.99. The van der Waals surface area contributed by atoms with Crippen molar-refractivity contribution in [3.63, 3.8) is 0 Å². The molecule has 0 saturated carbocycles. The van der Waals surface area contributed by atoms with Crippen molar-refractivity contribution in [2.45, 2.75) is 33.4 Å². The number of nitrogens with zero attached hydrogens (tertiary/aromatic N) is 1. The molecule has 0 radical (unpaired) electrons. The zero-order chi connectivity index (χ0) is 10.6. The first-order valence-corrected chi connectivity index (χ1v) is 5.00. The highest BCUT2D eigenvalue weighted by Crippen LogP contribution is 2.09.